The highest BCUT2D eigenvalue weighted by Crippen LogP contribution is 2.35. The van der Waals surface area contributed by atoms with Crippen molar-refractivity contribution in [1.82, 2.24) is 14.8 Å². The van der Waals surface area contributed by atoms with E-state index < -0.39 is 6.04 Å². The van der Waals surface area contributed by atoms with Crippen LogP contribution < -0.4 is 10.1 Å². The van der Waals surface area contributed by atoms with Crippen molar-refractivity contribution in [3.63, 3.8) is 0 Å². The number of esters is 1. The highest BCUT2D eigenvalue weighted by Gasteiger charge is 2.34. The number of anilines is 1. The second-order valence-corrected chi connectivity index (χ2v) is 6.66. The largest absolute Gasteiger partial charge is 0.489 e. The molecule has 2 aromatic carbocycles. The maximum Gasteiger partial charge on any atom is 0.338 e. The molecule has 0 saturated carbocycles. The van der Waals surface area contributed by atoms with Gasteiger partial charge in [0.1, 0.15) is 24.7 Å². The van der Waals surface area contributed by atoms with Crippen molar-refractivity contribution in [1.29, 1.82) is 0 Å². The van der Waals surface area contributed by atoms with Crippen molar-refractivity contribution >= 4 is 11.9 Å². The normalized spacial score (nSPS) is 15.4. The molecular weight excluding hydrogens is 368 g/mol. The van der Waals surface area contributed by atoms with E-state index in [0.29, 0.717) is 30.4 Å². The number of nitrogens with one attached hydrogen (secondary N) is 1. The standard InChI is InChI=1S/C22H22N4O3/c1-3-28-21(27)19-15(2)25-22-23-14-24-26(22)20(19)17-9-11-18(12-10-17)29-13-16-7-5-4-6-8-16/h4-12,14,20H,3,13H2,1-2H3,(H,23,24,25)/t20-/m1/s1. The molecule has 1 atom stereocenters. The summed E-state index contributed by atoms with van der Waals surface area (Å²) in [7, 11) is 0. The molecule has 2 heterocycles. The Morgan fingerprint density at radius 2 is 1.90 bits per heavy atom. The first-order chi connectivity index (χ1) is 14.2. The molecule has 3 aromatic rings. The van der Waals surface area contributed by atoms with Crippen LogP contribution in [-0.2, 0) is 16.1 Å². The SMILES string of the molecule is CCOC(=O)C1=C(C)Nc2ncnn2[C@@H]1c1ccc(OCc2ccccc2)cc1. The molecule has 29 heavy (non-hydrogen) atoms. The average Bonchev–Trinajstić information content (AvgIpc) is 3.20. The van der Waals surface area contributed by atoms with Crippen LogP contribution >= 0.6 is 0 Å². The molecule has 1 N–H and O–H groups in total. The number of nitrogens with zero attached hydrogens (tertiary/aromatic N) is 3. The molecule has 1 aliphatic rings. The molecule has 0 unspecified atom stereocenters. The van der Waals surface area contributed by atoms with Crippen LogP contribution in [0.4, 0.5) is 5.95 Å². The minimum Gasteiger partial charge on any atom is -0.489 e. The Bertz CT molecular complexity index is 1030. The monoisotopic (exact) mass is 390 g/mol. The maximum atomic E-state index is 12.6. The maximum absolute atomic E-state index is 12.6. The van der Waals surface area contributed by atoms with Gasteiger partial charge in [0.15, 0.2) is 0 Å². The summed E-state index contributed by atoms with van der Waals surface area (Å²) < 4.78 is 12.8. The first kappa shape index (κ1) is 18.7. The van der Waals surface area contributed by atoms with Gasteiger partial charge in [-0.2, -0.15) is 10.1 Å². The fourth-order valence-electron chi connectivity index (χ4n) is 3.36. The number of allylic oxidation sites excluding steroid dienone is 1. The smallest absolute Gasteiger partial charge is 0.338 e. The highest BCUT2D eigenvalue weighted by atomic mass is 16.5. The summed E-state index contributed by atoms with van der Waals surface area (Å²) in [5.74, 6) is 0.974. The number of rotatable bonds is 6. The Morgan fingerprint density at radius 1 is 1.14 bits per heavy atom. The van der Waals surface area contributed by atoms with E-state index >= 15 is 0 Å². The fraction of sp³-hybridized carbons (Fsp3) is 0.227. The summed E-state index contributed by atoms with van der Waals surface area (Å²) in [6, 6.07) is 17.2. The van der Waals surface area contributed by atoms with E-state index in [2.05, 4.69) is 15.4 Å². The van der Waals surface area contributed by atoms with Gasteiger partial charge in [0.05, 0.1) is 12.2 Å². The molecule has 0 spiro atoms. The molecule has 148 valence electrons. The van der Waals surface area contributed by atoms with Crippen molar-refractivity contribution in [2.75, 3.05) is 11.9 Å². The molecule has 0 aliphatic carbocycles. The number of hydrogen-bond acceptors (Lipinski definition) is 6. The van der Waals surface area contributed by atoms with Gasteiger partial charge in [-0.1, -0.05) is 42.5 Å². The zero-order chi connectivity index (χ0) is 20.2. The summed E-state index contributed by atoms with van der Waals surface area (Å²) in [6.45, 7) is 4.43. The predicted octanol–water partition coefficient (Wildman–Crippen LogP) is 3.71. The van der Waals surface area contributed by atoms with Gasteiger partial charge >= 0.3 is 5.97 Å². The van der Waals surface area contributed by atoms with Gasteiger partial charge in [0.2, 0.25) is 5.95 Å². The molecule has 0 saturated heterocycles. The molecule has 7 nitrogen and oxygen atoms in total. The summed E-state index contributed by atoms with van der Waals surface area (Å²) >= 11 is 0. The Kier molecular flexibility index (Phi) is 5.29. The molecule has 0 amide bonds. The Morgan fingerprint density at radius 3 is 2.62 bits per heavy atom. The number of ether oxygens (including phenoxy) is 2. The molecule has 0 radical (unpaired) electrons. The molecule has 4 rings (SSSR count). The van der Waals surface area contributed by atoms with Crippen LogP contribution in [0.2, 0.25) is 0 Å². The Hall–Kier alpha value is -3.61. The van der Waals surface area contributed by atoms with Gasteiger partial charge in [-0.05, 0) is 37.1 Å². The number of carbonyl (C=O) groups excluding carboxylic acids is 1. The molecule has 1 aliphatic heterocycles. The lowest BCUT2D eigenvalue weighted by Crippen LogP contribution is -2.29. The summed E-state index contributed by atoms with van der Waals surface area (Å²) in [5.41, 5.74) is 3.22. The number of carbonyl (C=O) groups is 1. The highest BCUT2D eigenvalue weighted by molar-refractivity contribution is 5.92. The summed E-state index contributed by atoms with van der Waals surface area (Å²) in [4.78, 5) is 16.9. The third kappa shape index (κ3) is 3.85. The first-order valence-corrected chi connectivity index (χ1v) is 9.48. The summed E-state index contributed by atoms with van der Waals surface area (Å²) in [6.07, 6.45) is 1.47. The van der Waals surface area contributed by atoms with E-state index in [1.165, 1.54) is 6.33 Å². The van der Waals surface area contributed by atoms with Gasteiger partial charge in [-0.25, -0.2) is 9.48 Å². The lowest BCUT2D eigenvalue weighted by atomic mass is 9.96. The molecule has 7 heteroatoms. The number of fused-ring (bicyclic) bond motifs is 1. The van der Waals surface area contributed by atoms with Crippen molar-refractivity contribution in [2.24, 2.45) is 0 Å². The van der Waals surface area contributed by atoms with Crippen LogP contribution in [0.5, 0.6) is 5.75 Å². The second kappa shape index (κ2) is 8.18. The molecule has 0 bridgehead atoms. The Balaban J connectivity index is 1.60. The second-order valence-electron chi connectivity index (χ2n) is 6.66. The third-order valence-corrected chi connectivity index (χ3v) is 4.73. The molecule has 1 aromatic heterocycles. The average molecular weight is 390 g/mol. The fourth-order valence-corrected chi connectivity index (χ4v) is 3.36. The number of hydrogen-bond donors (Lipinski definition) is 1. The Labute approximate surface area is 169 Å². The first-order valence-electron chi connectivity index (χ1n) is 9.48. The predicted molar refractivity (Wildman–Crippen MR) is 108 cm³/mol. The summed E-state index contributed by atoms with van der Waals surface area (Å²) in [5, 5.41) is 7.43. The minimum atomic E-state index is -0.420. The van der Waals surface area contributed by atoms with Gasteiger partial charge in [-0.15, -0.1) is 0 Å². The molecule has 0 fully saturated rings. The van der Waals surface area contributed by atoms with Crippen molar-refractivity contribution in [3.8, 4) is 5.75 Å². The lowest BCUT2D eigenvalue weighted by Gasteiger charge is -2.28. The zero-order valence-corrected chi connectivity index (χ0v) is 16.3. The molecular formula is C22H22N4O3. The van der Waals surface area contributed by atoms with Gasteiger partial charge in [0, 0.05) is 5.70 Å². The third-order valence-electron chi connectivity index (χ3n) is 4.73. The van der Waals surface area contributed by atoms with Gasteiger partial charge < -0.3 is 14.8 Å². The lowest BCUT2D eigenvalue weighted by molar-refractivity contribution is -0.139. The number of benzene rings is 2. The topological polar surface area (TPSA) is 78.3 Å². The van der Waals surface area contributed by atoms with E-state index in [0.717, 1.165) is 16.9 Å². The van der Waals surface area contributed by atoms with Crippen molar-refractivity contribution in [3.05, 3.63) is 83.3 Å². The van der Waals surface area contributed by atoms with Gasteiger partial charge in [-0.3, -0.25) is 0 Å². The van der Waals surface area contributed by atoms with Crippen LogP contribution in [0.15, 0.2) is 72.2 Å². The van der Waals surface area contributed by atoms with Gasteiger partial charge in [0.25, 0.3) is 0 Å². The minimum absolute atomic E-state index is 0.304. The van der Waals surface area contributed by atoms with Crippen LogP contribution in [0.25, 0.3) is 0 Å². The zero-order valence-electron chi connectivity index (χ0n) is 16.3. The van der Waals surface area contributed by atoms with E-state index in [1.54, 1.807) is 11.6 Å². The van der Waals surface area contributed by atoms with E-state index in [1.807, 2.05) is 61.5 Å². The van der Waals surface area contributed by atoms with Crippen LogP contribution in [0.1, 0.15) is 31.0 Å². The van der Waals surface area contributed by atoms with E-state index in [-0.39, 0.29) is 5.97 Å². The van der Waals surface area contributed by atoms with Crippen LogP contribution in [0, 0.1) is 0 Å². The van der Waals surface area contributed by atoms with Crippen LogP contribution in [0.3, 0.4) is 0 Å². The van der Waals surface area contributed by atoms with Crippen LogP contribution in [-0.4, -0.2) is 27.3 Å². The van der Waals surface area contributed by atoms with E-state index in [9.17, 15) is 4.79 Å². The van der Waals surface area contributed by atoms with Crippen molar-refractivity contribution in [2.45, 2.75) is 26.5 Å². The quantitative estimate of drug-likeness (QED) is 0.647. The van der Waals surface area contributed by atoms with Crippen molar-refractivity contribution < 1.29 is 14.3 Å². The number of aromatic nitrogens is 3. The van der Waals surface area contributed by atoms with E-state index in [4.69, 9.17) is 9.47 Å².